The Morgan fingerprint density at radius 3 is 0.654 bits per heavy atom. The van der Waals surface area contributed by atoms with Crippen LogP contribution in [0.25, 0.3) is 0 Å². The predicted molar refractivity (Wildman–Crippen MR) is 91.2 cm³/mol. The van der Waals surface area contributed by atoms with E-state index in [9.17, 15) is 30.6 Å². The minimum absolute atomic E-state index is 0.259. The molecule has 0 spiro atoms. The molecule has 0 unspecified atom stereocenters. The highest BCUT2D eigenvalue weighted by molar-refractivity contribution is 5.73. The van der Waals surface area contributed by atoms with E-state index in [-0.39, 0.29) is 34.5 Å². The molecule has 3 aromatic carbocycles. The van der Waals surface area contributed by atoms with Gasteiger partial charge in [-0.3, -0.25) is 0 Å². The summed E-state index contributed by atoms with van der Waals surface area (Å²) < 4.78 is 0. The third-order valence-corrected chi connectivity index (χ3v) is 5.41. The Labute approximate surface area is 147 Å². The SMILES string of the molecule is Oc1cc2c(cc1O)C1c3cc(O)c(O)cc3C2c2cc(O)c(O)cc21. The molecular formula is C20H14O6. The molecule has 0 amide bonds. The highest BCUT2D eigenvalue weighted by Crippen LogP contribution is 2.59. The summed E-state index contributed by atoms with van der Waals surface area (Å²) in [5, 5.41) is 59.8. The van der Waals surface area contributed by atoms with Crippen molar-refractivity contribution < 1.29 is 30.6 Å². The maximum Gasteiger partial charge on any atom is 0.157 e. The molecule has 0 aromatic heterocycles. The molecule has 0 heterocycles. The lowest BCUT2D eigenvalue weighted by atomic mass is 9.61. The maximum atomic E-state index is 9.97. The molecule has 130 valence electrons. The van der Waals surface area contributed by atoms with Gasteiger partial charge in [0.1, 0.15) is 0 Å². The van der Waals surface area contributed by atoms with Crippen LogP contribution in [0.15, 0.2) is 36.4 Å². The van der Waals surface area contributed by atoms with Crippen molar-refractivity contribution in [3.63, 3.8) is 0 Å². The van der Waals surface area contributed by atoms with Gasteiger partial charge in [-0.05, 0) is 69.8 Å². The first kappa shape index (κ1) is 14.8. The van der Waals surface area contributed by atoms with Gasteiger partial charge in [0.05, 0.1) is 0 Å². The number of phenols is 6. The molecule has 6 N–H and O–H groups in total. The van der Waals surface area contributed by atoms with Crippen LogP contribution in [0.4, 0.5) is 0 Å². The standard InChI is InChI=1S/C20H14O6/c21-13-1-7-8(2-14(13)22)20-11-5-17(25)15(23)3-9(11)19(7)10-4-16(24)18(26)6-12(10)20/h1-6,19-26H. The number of benzene rings is 3. The largest absolute Gasteiger partial charge is 0.504 e. The summed E-state index contributed by atoms with van der Waals surface area (Å²) in [7, 11) is 0. The molecule has 6 rings (SSSR count). The van der Waals surface area contributed by atoms with Gasteiger partial charge in [0, 0.05) is 11.8 Å². The number of phenolic OH excluding ortho intramolecular Hbond substituents is 6. The summed E-state index contributed by atoms with van der Waals surface area (Å²) >= 11 is 0. The van der Waals surface area contributed by atoms with Crippen molar-refractivity contribution in [3.8, 4) is 34.5 Å². The Morgan fingerprint density at radius 2 is 0.500 bits per heavy atom. The Hall–Kier alpha value is -3.54. The molecule has 2 bridgehead atoms. The van der Waals surface area contributed by atoms with Gasteiger partial charge in [-0.1, -0.05) is 0 Å². The first-order valence-electron chi connectivity index (χ1n) is 8.04. The van der Waals surface area contributed by atoms with E-state index in [1.807, 2.05) is 0 Å². The van der Waals surface area contributed by atoms with Crippen LogP contribution in [0.1, 0.15) is 45.2 Å². The van der Waals surface area contributed by atoms with Gasteiger partial charge in [-0.2, -0.15) is 0 Å². The number of hydrogen-bond donors (Lipinski definition) is 6. The second-order valence-electron chi connectivity index (χ2n) is 6.78. The summed E-state index contributed by atoms with van der Waals surface area (Å²) in [6.07, 6.45) is 0. The van der Waals surface area contributed by atoms with Gasteiger partial charge in [0.25, 0.3) is 0 Å². The second-order valence-corrected chi connectivity index (χ2v) is 6.78. The molecule has 0 saturated heterocycles. The van der Waals surface area contributed by atoms with Crippen molar-refractivity contribution in [1.82, 2.24) is 0 Å². The molecule has 6 nitrogen and oxygen atoms in total. The average molecular weight is 350 g/mol. The second kappa shape index (κ2) is 4.54. The molecular weight excluding hydrogens is 336 g/mol. The Bertz CT molecular complexity index is 890. The highest BCUT2D eigenvalue weighted by Gasteiger charge is 2.43. The summed E-state index contributed by atoms with van der Waals surface area (Å²) in [6, 6.07) is 8.85. The molecule has 6 heteroatoms. The van der Waals surface area contributed by atoms with Crippen LogP contribution in [0.5, 0.6) is 34.5 Å². The zero-order valence-electron chi connectivity index (χ0n) is 13.3. The van der Waals surface area contributed by atoms with Crippen LogP contribution in [0.3, 0.4) is 0 Å². The van der Waals surface area contributed by atoms with Gasteiger partial charge >= 0.3 is 0 Å². The van der Waals surface area contributed by atoms with Gasteiger partial charge in [0.15, 0.2) is 34.5 Å². The van der Waals surface area contributed by atoms with E-state index in [4.69, 9.17) is 0 Å². The lowest BCUT2D eigenvalue weighted by Crippen LogP contribution is -2.27. The first-order chi connectivity index (χ1) is 12.4. The molecule has 0 aliphatic heterocycles. The summed E-state index contributed by atoms with van der Waals surface area (Å²) in [4.78, 5) is 0. The minimum Gasteiger partial charge on any atom is -0.504 e. The summed E-state index contributed by atoms with van der Waals surface area (Å²) in [6.45, 7) is 0. The Morgan fingerprint density at radius 1 is 0.346 bits per heavy atom. The van der Waals surface area contributed by atoms with E-state index in [1.54, 1.807) is 0 Å². The normalized spacial score (nSPS) is 18.9. The van der Waals surface area contributed by atoms with Crippen molar-refractivity contribution in [1.29, 1.82) is 0 Å². The van der Waals surface area contributed by atoms with Crippen molar-refractivity contribution in [2.75, 3.05) is 0 Å². The van der Waals surface area contributed by atoms with E-state index in [0.717, 1.165) is 33.4 Å². The van der Waals surface area contributed by atoms with Crippen LogP contribution in [-0.2, 0) is 0 Å². The van der Waals surface area contributed by atoms with Crippen LogP contribution in [0.2, 0.25) is 0 Å². The smallest absolute Gasteiger partial charge is 0.157 e. The monoisotopic (exact) mass is 350 g/mol. The number of rotatable bonds is 0. The topological polar surface area (TPSA) is 121 Å². The molecule has 0 atom stereocenters. The van der Waals surface area contributed by atoms with E-state index in [2.05, 4.69) is 0 Å². The minimum atomic E-state index is -0.426. The molecule has 0 radical (unpaired) electrons. The highest BCUT2D eigenvalue weighted by atomic mass is 16.3. The molecule has 26 heavy (non-hydrogen) atoms. The van der Waals surface area contributed by atoms with E-state index < -0.39 is 11.8 Å². The van der Waals surface area contributed by atoms with Crippen molar-refractivity contribution in [2.24, 2.45) is 0 Å². The van der Waals surface area contributed by atoms with Crippen LogP contribution < -0.4 is 0 Å². The first-order valence-corrected chi connectivity index (χ1v) is 8.04. The fourth-order valence-corrected chi connectivity index (χ4v) is 4.33. The zero-order valence-corrected chi connectivity index (χ0v) is 13.3. The summed E-state index contributed by atoms with van der Waals surface area (Å²) in [5.41, 5.74) is 4.42. The average Bonchev–Trinajstić information content (AvgIpc) is 2.58. The molecule has 3 aliphatic carbocycles. The van der Waals surface area contributed by atoms with Gasteiger partial charge < -0.3 is 30.6 Å². The molecule has 0 fully saturated rings. The summed E-state index contributed by atoms with van der Waals surface area (Å²) in [5.74, 6) is -2.41. The van der Waals surface area contributed by atoms with Crippen molar-refractivity contribution >= 4 is 0 Å². The van der Waals surface area contributed by atoms with E-state index in [0.29, 0.717) is 0 Å². The lowest BCUT2D eigenvalue weighted by molar-refractivity contribution is 0.397. The van der Waals surface area contributed by atoms with Gasteiger partial charge in [-0.25, -0.2) is 0 Å². The fraction of sp³-hybridized carbons (Fsp3) is 0.100. The van der Waals surface area contributed by atoms with Crippen molar-refractivity contribution in [2.45, 2.75) is 11.8 Å². The van der Waals surface area contributed by atoms with Crippen molar-refractivity contribution in [3.05, 3.63) is 69.8 Å². The molecule has 3 aliphatic rings. The quantitative estimate of drug-likeness (QED) is 0.239. The zero-order chi connectivity index (χ0) is 18.3. The van der Waals surface area contributed by atoms with Crippen LogP contribution in [0, 0.1) is 0 Å². The van der Waals surface area contributed by atoms with Crippen LogP contribution >= 0.6 is 0 Å². The number of hydrogen-bond acceptors (Lipinski definition) is 6. The molecule has 0 saturated carbocycles. The van der Waals surface area contributed by atoms with Crippen LogP contribution in [-0.4, -0.2) is 30.6 Å². The lowest BCUT2D eigenvalue weighted by Gasteiger charge is -2.42. The third-order valence-electron chi connectivity index (χ3n) is 5.41. The molecule has 3 aromatic rings. The van der Waals surface area contributed by atoms with E-state index >= 15 is 0 Å². The third kappa shape index (κ3) is 1.65. The Balaban J connectivity index is 1.91. The predicted octanol–water partition coefficient (Wildman–Crippen LogP) is 2.91. The fourth-order valence-electron chi connectivity index (χ4n) is 4.33. The van der Waals surface area contributed by atoms with Gasteiger partial charge in [-0.15, -0.1) is 0 Å². The number of aromatic hydroxyl groups is 6. The Kier molecular flexibility index (Phi) is 2.58. The van der Waals surface area contributed by atoms with E-state index in [1.165, 1.54) is 36.4 Å². The maximum absolute atomic E-state index is 9.97. The van der Waals surface area contributed by atoms with Gasteiger partial charge in [0.2, 0.25) is 0 Å².